The zero-order valence-electron chi connectivity index (χ0n) is 22.0. The molecule has 0 rings (SSSR count). The van der Waals surface area contributed by atoms with E-state index in [0.717, 1.165) is 12.1 Å². The highest BCUT2D eigenvalue weighted by Gasteiger charge is 2.19. The first-order chi connectivity index (χ1) is 14.1. The van der Waals surface area contributed by atoms with E-state index in [1.54, 1.807) is 6.34 Å². The summed E-state index contributed by atoms with van der Waals surface area (Å²) >= 11 is 0. The molecule has 0 fully saturated rings. The molecule has 0 aromatic carbocycles. The van der Waals surface area contributed by atoms with E-state index in [2.05, 4.69) is 135 Å². The Morgan fingerprint density at radius 2 is 1.45 bits per heavy atom. The molecule has 0 unspecified atom stereocenters. The van der Waals surface area contributed by atoms with Gasteiger partial charge in [0.05, 0.1) is 0 Å². The number of aliphatic imine (C=N–C) groups is 2. The third kappa shape index (κ3) is 12.3. The average Bonchev–Trinajstić information content (AvgIpc) is 2.61. The van der Waals surface area contributed by atoms with Gasteiger partial charge in [0, 0.05) is 17.3 Å². The van der Waals surface area contributed by atoms with Crippen LogP contribution < -0.4 is 0 Å². The van der Waals surface area contributed by atoms with Crippen molar-refractivity contribution in [2.24, 2.45) is 26.2 Å². The molecule has 0 aromatic rings. The van der Waals surface area contributed by atoms with Crippen LogP contribution in [0.15, 0.2) is 82.0 Å². The summed E-state index contributed by atoms with van der Waals surface area (Å²) < 4.78 is 0. The van der Waals surface area contributed by atoms with Crippen molar-refractivity contribution in [3.63, 3.8) is 0 Å². The highest BCUT2D eigenvalue weighted by Crippen LogP contribution is 2.30. The predicted octanol–water partition coefficient (Wildman–Crippen LogP) is 9.06. The van der Waals surface area contributed by atoms with E-state index < -0.39 is 0 Å². The number of hydrogen-bond donors (Lipinski definition) is 0. The molecule has 0 heterocycles. The van der Waals surface area contributed by atoms with E-state index in [0.29, 0.717) is 0 Å². The van der Waals surface area contributed by atoms with E-state index in [9.17, 15) is 0 Å². The van der Waals surface area contributed by atoms with Gasteiger partial charge in [-0.15, -0.1) is 0 Å². The average molecular weight is 423 g/mol. The Hall–Kier alpha value is -2.22. The first-order valence-corrected chi connectivity index (χ1v) is 11.2. The predicted molar refractivity (Wildman–Crippen MR) is 143 cm³/mol. The number of nitrogens with zero attached hydrogens (tertiary/aromatic N) is 2. The van der Waals surface area contributed by atoms with Gasteiger partial charge >= 0.3 is 0 Å². The summed E-state index contributed by atoms with van der Waals surface area (Å²) in [4.78, 5) is 8.58. The summed E-state index contributed by atoms with van der Waals surface area (Å²) in [5.41, 5.74) is 5.01. The van der Waals surface area contributed by atoms with E-state index in [4.69, 9.17) is 0 Å². The molecular weight excluding hydrogens is 376 g/mol. The Kier molecular flexibility index (Phi) is 11.7. The van der Waals surface area contributed by atoms with E-state index >= 15 is 0 Å². The molecule has 2 heteroatoms. The van der Waals surface area contributed by atoms with Crippen LogP contribution in [0.25, 0.3) is 0 Å². The molecule has 0 atom stereocenters. The smallest absolute Gasteiger partial charge is 0.115 e. The Balaban J connectivity index is 6.38. The van der Waals surface area contributed by atoms with Crippen LogP contribution in [-0.4, -0.2) is 12.1 Å². The SMILES string of the molecule is C=CN=CN=C(\C=C/C(=C/C(=C/C=C(\C)C(C)(C)C)C/C=C\C)C(C)(C)C)C(C)(C)C. The zero-order chi connectivity index (χ0) is 24.3. The van der Waals surface area contributed by atoms with Gasteiger partial charge in [0.25, 0.3) is 0 Å². The molecule has 0 aromatic heterocycles. The molecular formula is C29H46N2. The fourth-order valence-electron chi connectivity index (χ4n) is 2.42. The minimum atomic E-state index is -0.0805. The minimum absolute atomic E-state index is 0.00645. The summed E-state index contributed by atoms with van der Waals surface area (Å²) in [5, 5.41) is 0. The molecule has 0 aliphatic rings. The summed E-state index contributed by atoms with van der Waals surface area (Å²) in [5.74, 6) is 0. The van der Waals surface area contributed by atoms with Crippen LogP contribution in [0.2, 0.25) is 0 Å². The minimum Gasteiger partial charge on any atom is -0.245 e. The highest BCUT2D eigenvalue weighted by molar-refractivity contribution is 6.03. The van der Waals surface area contributed by atoms with Gasteiger partial charge in [0.1, 0.15) is 6.34 Å². The molecule has 0 spiro atoms. The van der Waals surface area contributed by atoms with Gasteiger partial charge in [0.15, 0.2) is 0 Å². The largest absolute Gasteiger partial charge is 0.245 e. The van der Waals surface area contributed by atoms with Crippen LogP contribution in [0.4, 0.5) is 0 Å². The van der Waals surface area contributed by atoms with Crippen LogP contribution in [0.1, 0.15) is 82.6 Å². The second-order valence-electron chi connectivity index (χ2n) is 11.0. The van der Waals surface area contributed by atoms with Crippen molar-refractivity contribution < 1.29 is 0 Å². The molecule has 0 saturated carbocycles. The van der Waals surface area contributed by atoms with Crippen LogP contribution in [0.3, 0.4) is 0 Å². The number of allylic oxidation sites excluding steroid dienone is 10. The van der Waals surface area contributed by atoms with Crippen LogP contribution in [0.5, 0.6) is 0 Å². The van der Waals surface area contributed by atoms with Crippen molar-refractivity contribution >= 4 is 12.1 Å². The maximum absolute atomic E-state index is 4.56. The molecule has 0 amide bonds. The molecule has 172 valence electrons. The van der Waals surface area contributed by atoms with Gasteiger partial charge in [-0.25, -0.2) is 9.98 Å². The van der Waals surface area contributed by atoms with Crippen molar-refractivity contribution in [3.05, 3.63) is 72.0 Å². The maximum Gasteiger partial charge on any atom is 0.115 e. The fraction of sp³-hybridized carbons (Fsp3) is 0.517. The summed E-state index contributed by atoms with van der Waals surface area (Å²) in [6, 6.07) is 0. The van der Waals surface area contributed by atoms with Crippen LogP contribution in [0, 0.1) is 16.2 Å². The lowest BCUT2D eigenvalue weighted by Crippen LogP contribution is -2.19. The van der Waals surface area contributed by atoms with Crippen molar-refractivity contribution in [1.29, 1.82) is 0 Å². The molecule has 0 bridgehead atoms. The van der Waals surface area contributed by atoms with E-state index in [1.807, 2.05) is 0 Å². The summed E-state index contributed by atoms with van der Waals surface area (Å²) in [6.45, 7) is 27.9. The lowest BCUT2D eigenvalue weighted by molar-refractivity contribution is 0.504. The normalized spacial score (nSPS) is 16.2. The van der Waals surface area contributed by atoms with Crippen LogP contribution >= 0.6 is 0 Å². The van der Waals surface area contributed by atoms with Gasteiger partial charge in [0.2, 0.25) is 0 Å². The van der Waals surface area contributed by atoms with Crippen molar-refractivity contribution in [2.75, 3.05) is 0 Å². The Labute approximate surface area is 193 Å². The van der Waals surface area contributed by atoms with E-state index in [1.165, 1.54) is 22.9 Å². The number of hydrogen-bond acceptors (Lipinski definition) is 1. The molecule has 2 nitrogen and oxygen atoms in total. The summed E-state index contributed by atoms with van der Waals surface area (Å²) in [7, 11) is 0. The summed E-state index contributed by atoms with van der Waals surface area (Å²) in [6.07, 6.45) is 19.5. The highest BCUT2D eigenvalue weighted by atomic mass is 14.8. The lowest BCUT2D eigenvalue weighted by atomic mass is 9.82. The molecule has 0 radical (unpaired) electrons. The first kappa shape index (κ1) is 28.8. The molecule has 0 aliphatic carbocycles. The zero-order valence-corrected chi connectivity index (χ0v) is 22.0. The molecule has 0 N–H and O–H groups in total. The number of rotatable bonds is 8. The Morgan fingerprint density at radius 1 is 0.839 bits per heavy atom. The van der Waals surface area contributed by atoms with Gasteiger partial charge in [-0.1, -0.05) is 111 Å². The monoisotopic (exact) mass is 422 g/mol. The van der Waals surface area contributed by atoms with Crippen molar-refractivity contribution in [1.82, 2.24) is 0 Å². The second-order valence-corrected chi connectivity index (χ2v) is 11.0. The maximum atomic E-state index is 4.56. The molecule has 0 saturated heterocycles. The van der Waals surface area contributed by atoms with Crippen LogP contribution in [-0.2, 0) is 0 Å². The third-order valence-electron chi connectivity index (χ3n) is 5.08. The third-order valence-corrected chi connectivity index (χ3v) is 5.08. The Bertz CT molecular complexity index is 787. The van der Waals surface area contributed by atoms with Gasteiger partial charge in [-0.3, -0.25) is 0 Å². The first-order valence-electron chi connectivity index (χ1n) is 11.2. The van der Waals surface area contributed by atoms with E-state index in [-0.39, 0.29) is 16.2 Å². The van der Waals surface area contributed by atoms with Gasteiger partial charge in [-0.05, 0) is 48.3 Å². The lowest BCUT2D eigenvalue weighted by Gasteiger charge is -2.23. The molecule has 31 heavy (non-hydrogen) atoms. The van der Waals surface area contributed by atoms with Crippen molar-refractivity contribution in [3.8, 4) is 0 Å². The van der Waals surface area contributed by atoms with Crippen molar-refractivity contribution in [2.45, 2.75) is 82.6 Å². The van der Waals surface area contributed by atoms with Gasteiger partial charge < -0.3 is 0 Å². The Morgan fingerprint density at radius 3 is 1.90 bits per heavy atom. The quantitative estimate of drug-likeness (QED) is 0.161. The second kappa shape index (κ2) is 12.6. The fourth-order valence-corrected chi connectivity index (χ4v) is 2.42. The topological polar surface area (TPSA) is 24.7 Å². The standard InChI is InChI=1S/C29H46N2/c1-13-15-16-24(18-17-23(3)27(4,5)6)21-25(28(7,8)9)19-20-26(29(10,11)12)31-22-30-14-2/h13-15,17-22H,2,16H2,1,3-12H3/b15-13-,20-19-,23-17+,24-18+,25-21-,30-22?,31-26?. The van der Waals surface area contributed by atoms with Gasteiger partial charge in [-0.2, -0.15) is 0 Å². The molecule has 0 aliphatic heterocycles.